The second-order valence-corrected chi connectivity index (χ2v) is 36.7. The second-order valence-electron chi connectivity index (χ2n) is 35.0. The first-order chi connectivity index (χ1) is 57.1. The summed E-state index contributed by atoms with van der Waals surface area (Å²) in [7, 11) is 0. The van der Waals surface area contributed by atoms with Gasteiger partial charge < -0.3 is 15.1 Å². The van der Waals surface area contributed by atoms with E-state index in [1.807, 2.05) is 0 Å². The number of aryl methyl sites for hydroxylation is 6. The Labute approximate surface area is 707 Å². The van der Waals surface area contributed by atoms with Crippen molar-refractivity contribution in [2.45, 2.75) is 99.3 Å². The van der Waals surface area contributed by atoms with Crippen LogP contribution in [0.3, 0.4) is 0 Å². The average molecular weight is 1650 g/mol. The SMILES string of the molecule is Brc1ccc2ccc3c(Br)ccc4ccc1c2c43.Cc1ccc2ccc(C)c(N(c3ccc4c(c3)C(C)(C)c3ccccc3-4)c3ccc4ccc5c(N(c6ccc7c(c6)C(C)(C)c6ccccc6-7)c6c(C)ccc7ccc(C)cc67)ccc6ccc3c4c65)c2c1.Cc1ccc2ccc(C)c(Nc3ccc4c(c3)C(C)(C)c3ccccc3-4)c2c1. The first kappa shape index (κ1) is 73.3. The summed E-state index contributed by atoms with van der Waals surface area (Å²) in [6.45, 7) is 27.5. The van der Waals surface area contributed by atoms with Crippen molar-refractivity contribution in [3.8, 4) is 33.4 Å². The Morgan fingerprint density at radius 3 is 0.983 bits per heavy atom. The molecule has 0 saturated heterocycles. The van der Waals surface area contributed by atoms with Crippen LogP contribution in [0.2, 0.25) is 0 Å². The number of nitrogens with one attached hydrogen (secondary N) is 1. The molecule has 0 heterocycles. The summed E-state index contributed by atoms with van der Waals surface area (Å²) in [5.41, 5.74) is 33.1. The highest BCUT2D eigenvalue weighted by Gasteiger charge is 2.40. The molecule has 3 aliphatic carbocycles. The zero-order valence-electron chi connectivity index (χ0n) is 68.7. The van der Waals surface area contributed by atoms with Crippen LogP contribution in [0.25, 0.3) is 130 Å². The fourth-order valence-electron chi connectivity index (χ4n) is 20.6. The minimum Gasteiger partial charge on any atom is -0.355 e. The quantitative estimate of drug-likeness (QED) is 0.153. The molecule has 23 rings (SSSR count). The number of anilines is 8. The van der Waals surface area contributed by atoms with E-state index in [-0.39, 0.29) is 16.2 Å². The summed E-state index contributed by atoms with van der Waals surface area (Å²) in [6.07, 6.45) is 0. The van der Waals surface area contributed by atoms with E-state index in [0.29, 0.717) is 0 Å². The average Bonchev–Trinajstić information content (AvgIpc) is 1.28. The zero-order chi connectivity index (χ0) is 80.7. The van der Waals surface area contributed by atoms with Crippen molar-refractivity contribution in [1.82, 2.24) is 0 Å². The van der Waals surface area contributed by atoms with Crippen LogP contribution in [0, 0.1) is 41.5 Å². The van der Waals surface area contributed by atoms with Gasteiger partial charge in [-0.3, -0.25) is 0 Å². The van der Waals surface area contributed by atoms with E-state index in [1.165, 1.54) is 226 Å². The molecule has 3 nitrogen and oxygen atoms in total. The normalized spacial score (nSPS) is 13.7. The Balaban J connectivity index is 0.000000151. The van der Waals surface area contributed by atoms with Crippen molar-refractivity contribution in [3.05, 3.63) is 391 Å². The van der Waals surface area contributed by atoms with E-state index in [9.17, 15) is 0 Å². The Bertz CT molecular complexity index is 7260. The predicted octanol–water partition coefficient (Wildman–Crippen LogP) is 33.3. The maximum atomic E-state index is 3.74. The molecule has 0 bridgehead atoms. The molecule has 0 aliphatic heterocycles. The van der Waals surface area contributed by atoms with E-state index < -0.39 is 0 Å². The van der Waals surface area contributed by atoms with Crippen LogP contribution in [-0.2, 0) is 16.2 Å². The number of hydrogen-bond acceptors (Lipinski definition) is 3. The van der Waals surface area contributed by atoms with Gasteiger partial charge in [0.1, 0.15) is 0 Å². The topological polar surface area (TPSA) is 18.5 Å². The molecule has 0 amide bonds. The van der Waals surface area contributed by atoms with Crippen LogP contribution in [0.5, 0.6) is 0 Å². The molecule has 0 saturated carbocycles. The largest absolute Gasteiger partial charge is 0.355 e. The molecule has 570 valence electrons. The monoisotopic (exact) mass is 1650 g/mol. The summed E-state index contributed by atoms with van der Waals surface area (Å²) in [4.78, 5) is 5.17. The lowest BCUT2D eigenvalue weighted by molar-refractivity contribution is 0.660. The van der Waals surface area contributed by atoms with Gasteiger partial charge in [0.05, 0.1) is 22.7 Å². The number of halogens is 2. The maximum Gasteiger partial charge on any atom is 0.0569 e. The van der Waals surface area contributed by atoms with Gasteiger partial charge in [-0.2, -0.15) is 0 Å². The summed E-state index contributed by atoms with van der Waals surface area (Å²) in [6, 6.07) is 118. The highest BCUT2D eigenvalue weighted by Crippen LogP contribution is 2.57. The molecule has 0 unspecified atom stereocenters. The molecule has 0 radical (unpaired) electrons. The first-order valence-electron chi connectivity index (χ1n) is 41.4. The zero-order valence-corrected chi connectivity index (χ0v) is 71.8. The van der Waals surface area contributed by atoms with Gasteiger partial charge in [-0.25, -0.2) is 0 Å². The smallest absolute Gasteiger partial charge is 0.0569 e. The number of nitrogens with zero attached hydrogens (tertiary/aromatic N) is 2. The van der Waals surface area contributed by atoms with Crippen molar-refractivity contribution in [2.75, 3.05) is 15.1 Å². The Kier molecular flexibility index (Phi) is 17.0. The molecule has 20 aromatic carbocycles. The molecule has 5 heteroatoms. The second kappa shape index (κ2) is 27.4. The lowest BCUT2D eigenvalue weighted by Crippen LogP contribution is -2.17. The Hall–Kier alpha value is -12.4. The van der Waals surface area contributed by atoms with Crippen molar-refractivity contribution in [1.29, 1.82) is 0 Å². The Morgan fingerprint density at radius 2 is 0.559 bits per heavy atom. The fraction of sp³-hybridized carbons (Fsp3) is 0.133. The van der Waals surface area contributed by atoms with Gasteiger partial charge in [-0.15, -0.1) is 0 Å². The van der Waals surface area contributed by atoms with Crippen LogP contribution in [-0.4, -0.2) is 0 Å². The number of fused-ring (bicyclic) bond motifs is 12. The summed E-state index contributed by atoms with van der Waals surface area (Å²) >= 11 is 7.30. The maximum absolute atomic E-state index is 3.74. The summed E-state index contributed by atoms with van der Waals surface area (Å²) < 4.78 is 2.31. The van der Waals surface area contributed by atoms with Gasteiger partial charge >= 0.3 is 0 Å². The van der Waals surface area contributed by atoms with E-state index in [2.05, 4.69) is 446 Å². The van der Waals surface area contributed by atoms with Crippen LogP contribution in [0.4, 0.5) is 45.5 Å². The minimum atomic E-state index is -0.150. The molecular formula is C113H89Br2N3. The molecule has 0 atom stereocenters. The molecule has 1 N–H and O–H groups in total. The number of hydrogen-bond donors (Lipinski definition) is 1. The lowest BCUT2D eigenvalue weighted by Gasteiger charge is -2.32. The summed E-state index contributed by atoms with van der Waals surface area (Å²) in [5, 5.41) is 26.6. The molecule has 0 spiro atoms. The van der Waals surface area contributed by atoms with Crippen molar-refractivity contribution in [3.63, 3.8) is 0 Å². The van der Waals surface area contributed by atoms with E-state index in [0.717, 1.165) is 26.0 Å². The predicted molar refractivity (Wildman–Crippen MR) is 515 cm³/mol. The van der Waals surface area contributed by atoms with Crippen molar-refractivity contribution >= 4 is 174 Å². The van der Waals surface area contributed by atoms with Crippen LogP contribution >= 0.6 is 31.9 Å². The van der Waals surface area contributed by atoms with E-state index >= 15 is 0 Å². The molecular weight excluding hydrogens is 1560 g/mol. The molecule has 20 aromatic rings. The standard InChI is InChI=1S/C70H56N2.C27H25N.C16H8Br2/c1-41-17-21-45-23-19-43(3)67(57(45)37-41)71(49-29-33-53-51-13-9-11-15-59(51)69(5,6)61(53)39-49)63-35-27-47-26-32-56-64(36-28-48-25-31-55(63)65(47)66(48)56)72(68-44(4)20-24-46-22-18-42(2)38-58(46)68)50-30-34-54-52-14-10-12-16-60(52)70(7,8)62(54)40-50;1-17-9-11-19-12-10-18(2)26(23(19)15-17)28-20-13-14-22-21-7-5-6-8-24(21)27(3,4)25(22)16-20;17-13-8-4-10-2-6-12-14(18)7-3-9-1-5-11(13)16(10)15(9)12/h9-40H,1-8H3;5-16,28H,1-4H3;1-8H. The van der Waals surface area contributed by atoms with Gasteiger partial charge in [0.2, 0.25) is 0 Å². The molecule has 0 fully saturated rings. The first-order valence-corrected chi connectivity index (χ1v) is 43.0. The van der Waals surface area contributed by atoms with Crippen LogP contribution in [0.15, 0.2) is 324 Å². The lowest BCUT2D eigenvalue weighted by atomic mass is 9.82. The van der Waals surface area contributed by atoms with Crippen molar-refractivity contribution < 1.29 is 0 Å². The van der Waals surface area contributed by atoms with E-state index in [1.54, 1.807) is 0 Å². The fourth-order valence-corrected chi connectivity index (χ4v) is 21.5. The van der Waals surface area contributed by atoms with Gasteiger partial charge in [0.15, 0.2) is 0 Å². The van der Waals surface area contributed by atoms with Gasteiger partial charge in [-0.1, -0.05) is 327 Å². The number of benzene rings is 20. The summed E-state index contributed by atoms with van der Waals surface area (Å²) in [5.74, 6) is 0. The number of rotatable bonds is 8. The van der Waals surface area contributed by atoms with Gasteiger partial charge in [0.25, 0.3) is 0 Å². The molecule has 118 heavy (non-hydrogen) atoms. The third-order valence-electron chi connectivity index (χ3n) is 26.7. The van der Waals surface area contributed by atoms with Crippen LogP contribution < -0.4 is 15.1 Å². The van der Waals surface area contributed by atoms with Gasteiger partial charge in [-0.05, 0) is 274 Å². The molecule has 0 aromatic heterocycles. The highest BCUT2D eigenvalue weighted by molar-refractivity contribution is 9.11. The van der Waals surface area contributed by atoms with Gasteiger partial charge in [0, 0.05) is 74.9 Å². The third-order valence-corrected chi connectivity index (χ3v) is 28.1. The van der Waals surface area contributed by atoms with Crippen molar-refractivity contribution in [2.24, 2.45) is 0 Å². The Morgan fingerprint density at radius 1 is 0.246 bits per heavy atom. The van der Waals surface area contributed by atoms with Crippen LogP contribution in [0.1, 0.15) is 108 Å². The highest BCUT2D eigenvalue weighted by atomic mass is 79.9. The molecule has 3 aliphatic rings. The third kappa shape index (κ3) is 11.4. The van der Waals surface area contributed by atoms with E-state index in [4.69, 9.17) is 0 Å². The minimum absolute atomic E-state index is 0.0218.